The van der Waals surface area contributed by atoms with Gasteiger partial charge in [-0.3, -0.25) is 9.80 Å². The molecule has 3 aliphatic rings. The van der Waals surface area contributed by atoms with Crippen LogP contribution in [-0.4, -0.2) is 53.9 Å². The minimum absolute atomic E-state index is 0.166. The van der Waals surface area contributed by atoms with Gasteiger partial charge in [0.1, 0.15) is 5.70 Å². The average molecular weight is 331 g/mol. The minimum atomic E-state index is 0.166. The van der Waals surface area contributed by atoms with Crippen LogP contribution in [0.4, 0.5) is 0 Å². The maximum atomic E-state index is 13.2. The summed E-state index contributed by atoms with van der Waals surface area (Å²) in [5.74, 6) is 0.166. The number of piperazine rings is 1. The summed E-state index contributed by atoms with van der Waals surface area (Å²) in [6.07, 6.45) is 0. The molecule has 2 aromatic carbocycles. The lowest BCUT2D eigenvalue weighted by atomic mass is 9.92. The number of Topliss-reactive ketones (excluding diaryl/α,β-unsaturated/α-hetero) is 1. The Morgan fingerprint density at radius 1 is 0.800 bits per heavy atom. The normalized spacial score (nSPS) is 20.5. The van der Waals surface area contributed by atoms with Crippen molar-refractivity contribution in [3.63, 3.8) is 0 Å². The Hall–Kier alpha value is -2.43. The fourth-order valence-corrected chi connectivity index (χ4v) is 4.21. The molecular weight excluding hydrogens is 310 g/mol. The quantitative estimate of drug-likeness (QED) is 0.803. The van der Waals surface area contributed by atoms with Gasteiger partial charge >= 0.3 is 0 Å². The number of hydrogen-bond acceptors (Lipinski definition) is 4. The van der Waals surface area contributed by atoms with Crippen LogP contribution in [0.1, 0.15) is 27.0 Å². The molecule has 0 saturated carbocycles. The third-order valence-electron chi connectivity index (χ3n) is 5.58. The number of ketones is 1. The Labute approximate surface area is 147 Å². The summed E-state index contributed by atoms with van der Waals surface area (Å²) >= 11 is 0. The van der Waals surface area contributed by atoms with E-state index in [0.717, 1.165) is 55.1 Å². The van der Waals surface area contributed by atoms with Gasteiger partial charge in [-0.05, 0) is 23.7 Å². The number of likely N-dealkylation sites (N-methyl/N-ethyl adjacent to an activating group) is 1. The van der Waals surface area contributed by atoms with Gasteiger partial charge in [-0.25, -0.2) is 5.01 Å². The van der Waals surface area contributed by atoms with Crippen LogP contribution in [-0.2, 0) is 6.54 Å². The number of carbonyl (C=O) groups excluding carboxylic acids is 1. The Bertz CT molecular complexity index is 894. The first-order valence-electron chi connectivity index (χ1n) is 8.91. The van der Waals surface area contributed by atoms with Gasteiger partial charge in [-0.1, -0.05) is 48.5 Å². The molecule has 4 heteroatoms. The van der Waals surface area contributed by atoms with Crippen LogP contribution in [0.15, 0.2) is 54.2 Å². The maximum absolute atomic E-state index is 13.2. The number of benzene rings is 2. The first-order valence-corrected chi connectivity index (χ1v) is 8.91. The summed E-state index contributed by atoms with van der Waals surface area (Å²) in [7, 11) is 2.16. The summed E-state index contributed by atoms with van der Waals surface area (Å²) in [5, 5.41) is 4.60. The van der Waals surface area contributed by atoms with Crippen LogP contribution in [0, 0.1) is 0 Å². The van der Waals surface area contributed by atoms with Gasteiger partial charge in [0.2, 0.25) is 5.78 Å². The fraction of sp³-hybridized carbons (Fsp3) is 0.286. The molecule has 5 rings (SSSR count). The highest BCUT2D eigenvalue weighted by Crippen LogP contribution is 2.44. The molecule has 1 aliphatic carbocycles. The van der Waals surface area contributed by atoms with E-state index in [0.29, 0.717) is 0 Å². The van der Waals surface area contributed by atoms with Crippen molar-refractivity contribution in [2.45, 2.75) is 6.54 Å². The SMILES string of the molecule is CN1CCN(N2Cc3ccccc3C3=C2C(=O)c2ccccc23)CC1. The Kier molecular flexibility index (Phi) is 3.30. The minimum Gasteiger partial charge on any atom is -0.304 e. The van der Waals surface area contributed by atoms with Crippen LogP contribution < -0.4 is 0 Å². The van der Waals surface area contributed by atoms with E-state index < -0.39 is 0 Å². The number of hydrazine groups is 1. The van der Waals surface area contributed by atoms with Crippen molar-refractivity contribution in [3.05, 3.63) is 76.5 Å². The molecular formula is C21H21N3O. The highest BCUT2D eigenvalue weighted by atomic mass is 16.1. The number of allylic oxidation sites excluding steroid dienone is 1. The molecule has 2 aliphatic heterocycles. The fourth-order valence-electron chi connectivity index (χ4n) is 4.21. The van der Waals surface area contributed by atoms with Crippen molar-refractivity contribution in [2.75, 3.05) is 33.2 Å². The van der Waals surface area contributed by atoms with E-state index >= 15 is 0 Å². The molecule has 1 saturated heterocycles. The molecule has 126 valence electrons. The van der Waals surface area contributed by atoms with Crippen LogP contribution in [0.3, 0.4) is 0 Å². The van der Waals surface area contributed by atoms with Crippen LogP contribution in [0.2, 0.25) is 0 Å². The summed E-state index contributed by atoms with van der Waals surface area (Å²) in [4.78, 5) is 15.6. The Balaban J connectivity index is 1.67. The molecule has 2 heterocycles. The Morgan fingerprint density at radius 3 is 2.20 bits per heavy atom. The second-order valence-corrected chi connectivity index (χ2v) is 7.07. The molecule has 1 fully saturated rings. The molecule has 0 radical (unpaired) electrons. The lowest BCUT2D eigenvalue weighted by Crippen LogP contribution is -2.53. The lowest BCUT2D eigenvalue weighted by Gasteiger charge is -2.43. The summed E-state index contributed by atoms with van der Waals surface area (Å²) in [6, 6.07) is 16.5. The zero-order valence-corrected chi connectivity index (χ0v) is 14.4. The number of rotatable bonds is 1. The maximum Gasteiger partial charge on any atom is 0.211 e. The summed E-state index contributed by atoms with van der Waals surface area (Å²) < 4.78 is 0. The van der Waals surface area contributed by atoms with E-state index in [1.807, 2.05) is 18.2 Å². The molecule has 25 heavy (non-hydrogen) atoms. The molecule has 0 atom stereocenters. The van der Waals surface area contributed by atoms with Crippen LogP contribution in [0.25, 0.3) is 5.57 Å². The Morgan fingerprint density at radius 2 is 1.44 bits per heavy atom. The number of fused-ring (bicyclic) bond motifs is 4. The van der Waals surface area contributed by atoms with Crippen LogP contribution in [0.5, 0.6) is 0 Å². The molecule has 0 N–H and O–H groups in total. The zero-order chi connectivity index (χ0) is 17.0. The van der Waals surface area contributed by atoms with Crippen molar-refractivity contribution < 1.29 is 4.79 Å². The third kappa shape index (κ3) is 2.18. The smallest absolute Gasteiger partial charge is 0.211 e. The van der Waals surface area contributed by atoms with Crippen molar-refractivity contribution in [3.8, 4) is 0 Å². The third-order valence-corrected chi connectivity index (χ3v) is 5.58. The van der Waals surface area contributed by atoms with E-state index in [-0.39, 0.29) is 5.78 Å². The monoisotopic (exact) mass is 331 g/mol. The van der Waals surface area contributed by atoms with Crippen molar-refractivity contribution in [1.82, 2.24) is 14.9 Å². The second-order valence-electron chi connectivity index (χ2n) is 7.07. The van der Waals surface area contributed by atoms with Gasteiger partial charge in [0, 0.05) is 37.3 Å². The van der Waals surface area contributed by atoms with Gasteiger partial charge in [0.15, 0.2) is 0 Å². The molecule has 4 nitrogen and oxygen atoms in total. The number of carbonyl (C=O) groups is 1. The molecule has 0 unspecified atom stereocenters. The number of nitrogens with zero attached hydrogens (tertiary/aromatic N) is 3. The highest BCUT2D eigenvalue weighted by Gasteiger charge is 2.39. The zero-order valence-electron chi connectivity index (χ0n) is 14.4. The highest BCUT2D eigenvalue weighted by molar-refractivity contribution is 6.22. The molecule has 0 amide bonds. The van der Waals surface area contributed by atoms with Crippen molar-refractivity contribution >= 4 is 11.4 Å². The van der Waals surface area contributed by atoms with Crippen molar-refractivity contribution in [2.24, 2.45) is 0 Å². The van der Waals surface area contributed by atoms with E-state index in [1.54, 1.807) is 0 Å². The van der Waals surface area contributed by atoms with Gasteiger partial charge < -0.3 is 4.90 Å². The standard InChI is InChI=1S/C21H21N3O/c1-22-10-12-23(13-11-22)24-14-15-6-2-3-7-16(15)19-17-8-4-5-9-18(17)21(25)20(19)24/h2-9H,10-14H2,1H3. The molecule has 0 bridgehead atoms. The topological polar surface area (TPSA) is 26.8 Å². The second kappa shape index (κ2) is 5.55. The molecule has 2 aromatic rings. The van der Waals surface area contributed by atoms with Gasteiger partial charge in [-0.15, -0.1) is 0 Å². The van der Waals surface area contributed by atoms with E-state index in [4.69, 9.17) is 0 Å². The predicted molar refractivity (Wildman–Crippen MR) is 97.8 cm³/mol. The van der Waals surface area contributed by atoms with Crippen molar-refractivity contribution in [1.29, 1.82) is 0 Å². The lowest BCUT2D eigenvalue weighted by molar-refractivity contribution is -0.0317. The largest absolute Gasteiger partial charge is 0.304 e. The van der Waals surface area contributed by atoms with Gasteiger partial charge in [0.05, 0.1) is 6.54 Å². The van der Waals surface area contributed by atoms with Gasteiger partial charge in [-0.2, -0.15) is 0 Å². The number of hydrogen-bond donors (Lipinski definition) is 0. The summed E-state index contributed by atoms with van der Waals surface area (Å²) in [5.41, 5.74) is 6.40. The average Bonchev–Trinajstić information content (AvgIpc) is 2.96. The molecule has 0 aromatic heterocycles. The predicted octanol–water partition coefficient (Wildman–Crippen LogP) is 2.62. The first-order chi connectivity index (χ1) is 12.2. The first kappa shape index (κ1) is 14.9. The van der Waals surface area contributed by atoms with E-state index in [1.165, 1.54) is 11.1 Å². The molecule has 0 spiro atoms. The van der Waals surface area contributed by atoms with E-state index in [9.17, 15) is 4.79 Å². The summed E-state index contributed by atoms with van der Waals surface area (Å²) in [6.45, 7) is 4.75. The van der Waals surface area contributed by atoms with E-state index in [2.05, 4.69) is 52.3 Å². The van der Waals surface area contributed by atoms with Gasteiger partial charge in [0.25, 0.3) is 0 Å². The van der Waals surface area contributed by atoms with Crippen LogP contribution >= 0.6 is 0 Å².